The van der Waals surface area contributed by atoms with Crippen LogP contribution < -0.4 is 16.4 Å². The molecule has 172 valence electrons. The number of nitrogens with two attached hydrogens (primary N) is 1. The van der Waals surface area contributed by atoms with Gasteiger partial charge in [-0.1, -0.05) is 6.58 Å². The number of allylic oxidation sites excluding steroid dienone is 1. The van der Waals surface area contributed by atoms with Crippen LogP contribution in [0.4, 0.5) is 17.5 Å². The highest BCUT2D eigenvalue weighted by Gasteiger charge is 2.21. The van der Waals surface area contributed by atoms with E-state index in [-0.39, 0.29) is 29.9 Å². The smallest absolute Gasteiger partial charge is 0.276 e. The number of hydrogen-bond donors (Lipinski definition) is 3. The van der Waals surface area contributed by atoms with Crippen molar-refractivity contribution >= 4 is 46.3 Å². The molecular formula is C23H23N9O2. The number of nitrogens with zero attached hydrogens (tertiary/aromatic N) is 6. The van der Waals surface area contributed by atoms with Crippen LogP contribution in [0.2, 0.25) is 0 Å². The Morgan fingerprint density at radius 3 is 2.97 bits per heavy atom. The van der Waals surface area contributed by atoms with Gasteiger partial charge in [0.25, 0.3) is 5.91 Å². The third-order valence-electron chi connectivity index (χ3n) is 5.70. The zero-order valence-corrected chi connectivity index (χ0v) is 18.6. The van der Waals surface area contributed by atoms with E-state index >= 15 is 0 Å². The summed E-state index contributed by atoms with van der Waals surface area (Å²) < 4.78 is 1.68. The Kier molecular flexibility index (Phi) is 5.28. The molecule has 2 amide bonds. The van der Waals surface area contributed by atoms with Gasteiger partial charge in [0.15, 0.2) is 5.82 Å². The number of carbonyl (C=O) groups excluding carboxylic acids is 2. The molecule has 4 N–H and O–H groups in total. The van der Waals surface area contributed by atoms with E-state index < -0.39 is 0 Å². The third kappa shape index (κ3) is 4.10. The first-order chi connectivity index (χ1) is 16.4. The summed E-state index contributed by atoms with van der Waals surface area (Å²) in [5, 5.41) is 11.8. The minimum atomic E-state index is -0.299. The molecule has 2 aliphatic rings. The second kappa shape index (κ2) is 8.43. The van der Waals surface area contributed by atoms with Gasteiger partial charge in [-0.3, -0.25) is 19.3 Å². The molecule has 0 saturated heterocycles. The third-order valence-corrected chi connectivity index (χ3v) is 5.70. The molecule has 0 aliphatic carbocycles. The molecule has 11 nitrogen and oxygen atoms in total. The van der Waals surface area contributed by atoms with Gasteiger partial charge in [0, 0.05) is 67.9 Å². The standard InChI is InChI=1S/C23H23N9O2/c1-13-5-16(10-25-9-13)31(2)23(34)18-6-14-7-19(27-11-17(14)22(24)28-18)29-20-8-15-3-4-26-21(33)12-32(15)30-20/h6-11H,1,3-5,12H2,2H3,(H2,24,28)(H,26,33)(H,27,29,30). The normalized spacial score (nSPS) is 15.4. The van der Waals surface area contributed by atoms with Crippen LogP contribution in [0.15, 0.2) is 53.4 Å². The van der Waals surface area contributed by atoms with E-state index in [9.17, 15) is 9.59 Å². The van der Waals surface area contributed by atoms with Crippen LogP contribution in [0.25, 0.3) is 10.8 Å². The molecule has 0 saturated carbocycles. The van der Waals surface area contributed by atoms with Crippen molar-refractivity contribution < 1.29 is 9.59 Å². The molecule has 0 radical (unpaired) electrons. The van der Waals surface area contributed by atoms with Gasteiger partial charge < -0.3 is 21.3 Å². The summed E-state index contributed by atoms with van der Waals surface area (Å²) in [6.45, 7) is 4.66. The Morgan fingerprint density at radius 2 is 2.15 bits per heavy atom. The Morgan fingerprint density at radius 1 is 1.29 bits per heavy atom. The number of nitrogens with one attached hydrogen (secondary N) is 2. The Hall–Kier alpha value is -4.54. The summed E-state index contributed by atoms with van der Waals surface area (Å²) >= 11 is 0. The zero-order valence-electron chi connectivity index (χ0n) is 18.6. The van der Waals surface area contributed by atoms with Gasteiger partial charge in [-0.15, -0.1) is 0 Å². The fourth-order valence-electron chi connectivity index (χ4n) is 3.92. The van der Waals surface area contributed by atoms with Gasteiger partial charge in [0.2, 0.25) is 5.91 Å². The van der Waals surface area contributed by atoms with E-state index in [1.165, 1.54) is 4.90 Å². The highest BCUT2D eigenvalue weighted by atomic mass is 16.2. The zero-order chi connectivity index (χ0) is 23.8. The van der Waals surface area contributed by atoms with E-state index in [0.717, 1.165) is 17.0 Å². The Labute approximate surface area is 195 Å². The molecule has 0 atom stereocenters. The second-order valence-corrected chi connectivity index (χ2v) is 8.18. The molecule has 0 bridgehead atoms. The molecule has 5 rings (SSSR count). The number of rotatable bonds is 4. The summed E-state index contributed by atoms with van der Waals surface area (Å²) in [5.74, 6) is 0.963. The Bertz CT molecular complexity index is 1400. The number of anilines is 3. The molecule has 0 spiro atoms. The van der Waals surface area contributed by atoms with Crippen LogP contribution in [0.3, 0.4) is 0 Å². The first kappa shape index (κ1) is 21.3. The maximum atomic E-state index is 13.1. The van der Waals surface area contributed by atoms with Crippen molar-refractivity contribution in [3.8, 4) is 0 Å². The minimum Gasteiger partial charge on any atom is -0.383 e. The fourth-order valence-corrected chi connectivity index (χ4v) is 3.92. The lowest BCUT2D eigenvalue weighted by atomic mass is 10.1. The molecule has 0 fully saturated rings. The topological polar surface area (TPSA) is 143 Å². The van der Waals surface area contributed by atoms with E-state index in [0.29, 0.717) is 41.8 Å². The highest BCUT2D eigenvalue weighted by molar-refractivity contribution is 6.01. The van der Waals surface area contributed by atoms with Crippen molar-refractivity contribution in [1.29, 1.82) is 0 Å². The summed E-state index contributed by atoms with van der Waals surface area (Å²) in [5.41, 5.74) is 8.86. The van der Waals surface area contributed by atoms with Crippen LogP contribution in [0, 0.1) is 0 Å². The number of aliphatic imine (C=N–C) groups is 1. The highest BCUT2D eigenvalue weighted by Crippen LogP contribution is 2.26. The summed E-state index contributed by atoms with van der Waals surface area (Å²) in [6.07, 6.45) is 6.14. The van der Waals surface area contributed by atoms with E-state index in [1.54, 1.807) is 42.5 Å². The summed E-state index contributed by atoms with van der Waals surface area (Å²) in [6, 6.07) is 5.37. The number of hydrogen-bond acceptors (Lipinski definition) is 8. The lowest BCUT2D eigenvalue weighted by molar-refractivity contribution is -0.121. The van der Waals surface area contributed by atoms with Crippen molar-refractivity contribution in [2.45, 2.75) is 19.4 Å². The molecule has 5 heterocycles. The first-order valence-electron chi connectivity index (χ1n) is 10.7. The van der Waals surface area contributed by atoms with Crippen LogP contribution >= 0.6 is 0 Å². The van der Waals surface area contributed by atoms with Gasteiger partial charge in [-0.05, 0) is 23.1 Å². The van der Waals surface area contributed by atoms with Crippen molar-refractivity contribution in [2.24, 2.45) is 4.99 Å². The van der Waals surface area contributed by atoms with Gasteiger partial charge >= 0.3 is 0 Å². The van der Waals surface area contributed by atoms with Gasteiger partial charge in [0.05, 0.1) is 0 Å². The molecule has 2 aliphatic heterocycles. The van der Waals surface area contributed by atoms with Crippen LogP contribution in [0.1, 0.15) is 22.6 Å². The molecular weight excluding hydrogens is 434 g/mol. The van der Waals surface area contributed by atoms with Crippen molar-refractivity contribution in [3.63, 3.8) is 0 Å². The summed E-state index contributed by atoms with van der Waals surface area (Å²) in [7, 11) is 1.67. The molecule has 0 unspecified atom stereocenters. The predicted octanol–water partition coefficient (Wildman–Crippen LogP) is 1.77. The number of amides is 2. The van der Waals surface area contributed by atoms with E-state index in [2.05, 4.69) is 37.3 Å². The van der Waals surface area contributed by atoms with Gasteiger partial charge in [-0.25, -0.2) is 9.97 Å². The molecule has 3 aromatic heterocycles. The molecule has 3 aromatic rings. The van der Waals surface area contributed by atoms with Crippen molar-refractivity contribution in [2.75, 3.05) is 24.6 Å². The van der Waals surface area contributed by atoms with Crippen molar-refractivity contribution in [3.05, 3.63) is 59.8 Å². The lowest BCUT2D eigenvalue weighted by Crippen LogP contribution is -2.28. The maximum Gasteiger partial charge on any atom is 0.276 e. The van der Waals surface area contributed by atoms with E-state index in [1.807, 2.05) is 6.07 Å². The number of nitrogen functional groups attached to an aromatic ring is 1. The van der Waals surface area contributed by atoms with Gasteiger partial charge in [-0.2, -0.15) is 5.10 Å². The predicted molar refractivity (Wildman–Crippen MR) is 129 cm³/mol. The van der Waals surface area contributed by atoms with Crippen LogP contribution in [-0.4, -0.2) is 56.3 Å². The quantitative estimate of drug-likeness (QED) is 0.542. The SMILES string of the molecule is C=C1C=NC=C(N(C)C(=O)c2cc3cc(Nc4cc5n(n4)CC(=O)NCC5)ncc3c(N)n2)C1. The fraction of sp³-hybridized carbons (Fsp3) is 0.217. The monoisotopic (exact) mass is 457 g/mol. The Balaban J connectivity index is 1.42. The van der Waals surface area contributed by atoms with Gasteiger partial charge in [0.1, 0.15) is 23.9 Å². The van der Waals surface area contributed by atoms with Crippen LogP contribution in [0.5, 0.6) is 0 Å². The molecule has 34 heavy (non-hydrogen) atoms. The molecule has 0 aromatic carbocycles. The van der Waals surface area contributed by atoms with E-state index in [4.69, 9.17) is 5.73 Å². The second-order valence-electron chi connectivity index (χ2n) is 8.18. The largest absolute Gasteiger partial charge is 0.383 e. The summed E-state index contributed by atoms with van der Waals surface area (Å²) in [4.78, 5) is 39.2. The maximum absolute atomic E-state index is 13.1. The number of fused-ring (bicyclic) bond motifs is 2. The number of carbonyl (C=O) groups is 2. The average molecular weight is 457 g/mol. The molecule has 11 heteroatoms. The average Bonchev–Trinajstić information content (AvgIpc) is 3.09. The van der Waals surface area contributed by atoms with Crippen LogP contribution in [-0.2, 0) is 17.8 Å². The minimum absolute atomic E-state index is 0.0672. The number of pyridine rings is 2. The lowest BCUT2D eigenvalue weighted by Gasteiger charge is -2.22. The number of aromatic nitrogens is 4. The van der Waals surface area contributed by atoms with Crippen molar-refractivity contribution in [1.82, 2.24) is 30.0 Å². The first-order valence-corrected chi connectivity index (χ1v) is 10.7.